The normalized spacial score (nSPS) is 16.9. The van der Waals surface area contributed by atoms with Crippen LogP contribution < -0.4 is 15.4 Å². The van der Waals surface area contributed by atoms with Crippen LogP contribution in [0.15, 0.2) is 29.3 Å². The highest BCUT2D eigenvalue weighted by atomic mass is 127. The predicted octanol–water partition coefficient (Wildman–Crippen LogP) is 1.65. The quantitative estimate of drug-likeness (QED) is 0.271. The minimum Gasteiger partial charge on any atom is -0.497 e. The first kappa shape index (κ1) is 24.4. The summed E-state index contributed by atoms with van der Waals surface area (Å²) >= 11 is 0. The molecule has 2 unspecified atom stereocenters. The van der Waals surface area contributed by atoms with Crippen molar-refractivity contribution in [3.8, 4) is 5.75 Å². The number of nitrogens with one attached hydrogen (secondary N) is 2. The molecule has 0 fully saturated rings. The van der Waals surface area contributed by atoms with Gasteiger partial charge < -0.3 is 25.2 Å². The maximum absolute atomic E-state index is 10.5. The highest BCUT2D eigenvalue weighted by Gasteiger charge is 2.22. The second-order valence-electron chi connectivity index (χ2n) is 6.95. The Morgan fingerprint density at radius 2 is 2.10 bits per heavy atom. The summed E-state index contributed by atoms with van der Waals surface area (Å²) in [7, 11) is 3.26. The number of hydrogen-bond donors (Lipinski definition) is 3. The molecular formula is C20H31IN6O3. The molecule has 3 rings (SSSR count). The average molecular weight is 530 g/mol. The van der Waals surface area contributed by atoms with E-state index in [-0.39, 0.29) is 36.6 Å². The lowest BCUT2D eigenvalue weighted by atomic mass is 10.1. The Kier molecular flexibility index (Phi) is 9.79. The number of ether oxygens (including phenoxy) is 2. The Morgan fingerprint density at radius 3 is 2.77 bits per heavy atom. The number of aromatic nitrogens is 3. The van der Waals surface area contributed by atoms with Crippen LogP contribution in [0.3, 0.4) is 0 Å². The molecule has 30 heavy (non-hydrogen) atoms. The lowest BCUT2D eigenvalue weighted by Crippen LogP contribution is -2.47. The van der Waals surface area contributed by atoms with Crippen molar-refractivity contribution in [2.45, 2.75) is 45.1 Å². The van der Waals surface area contributed by atoms with Gasteiger partial charge in [0.2, 0.25) is 0 Å². The molecule has 10 heteroatoms. The molecular weight excluding hydrogens is 499 g/mol. The summed E-state index contributed by atoms with van der Waals surface area (Å²) in [6.07, 6.45) is 1.11. The molecule has 1 aromatic carbocycles. The Bertz CT molecular complexity index is 811. The zero-order chi connectivity index (χ0) is 20.6. The van der Waals surface area contributed by atoms with E-state index in [0.29, 0.717) is 18.4 Å². The highest BCUT2D eigenvalue weighted by Crippen LogP contribution is 2.18. The standard InChI is InChI=1S/C20H30N6O3.HI/c1-4-21-20(22-11-17(27)14-5-8-16(29-3)9-6-14)23-15-7-10-19-24-18(13-28-2)25-26(19)12-15;/h5-6,8-9,15,17,27H,4,7,10-13H2,1-3H3,(H2,21,22,23);1H. The van der Waals surface area contributed by atoms with Crippen molar-refractivity contribution in [2.75, 3.05) is 27.3 Å². The zero-order valence-corrected chi connectivity index (χ0v) is 20.0. The van der Waals surface area contributed by atoms with E-state index >= 15 is 0 Å². The summed E-state index contributed by atoms with van der Waals surface area (Å²) in [5, 5.41) is 21.7. The van der Waals surface area contributed by atoms with Gasteiger partial charge in [0.05, 0.1) is 26.3 Å². The number of fused-ring (bicyclic) bond motifs is 1. The number of benzene rings is 1. The van der Waals surface area contributed by atoms with Crippen molar-refractivity contribution in [3.63, 3.8) is 0 Å². The molecule has 0 saturated heterocycles. The molecule has 0 bridgehead atoms. The van der Waals surface area contributed by atoms with Crippen LogP contribution in [0.2, 0.25) is 0 Å². The molecule has 1 aliphatic heterocycles. The minimum atomic E-state index is -0.679. The van der Waals surface area contributed by atoms with E-state index in [4.69, 9.17) is 9.47 Å². The van der Waals surface area contributed by atoms with Gasteiger partial charge in [-0.05, 0) is 31.0 Å². The summed E-state index contributed by atoms with van der Waals surface area (Å²) in [6.45, 7) is 4.16. The Balaban J connectivity index is 0.00000320. The van der Waals surface area contributed by atoms with E-state index in [1.165, 1.54) is 0 Å². The molecule has 3 N–H and O–H groups in total. The van der Waals surface area contributed by atoms with Gasteiger partial charge in [0.25, 0.3) is 0 Å². The van der Waals surface area contributed by atoms with Gasteiger partial charge in [-0.2, -0.15) is 5.10 Å². The van der Waals surface area contributed by atoms with Crippen LogP contribution in [-0.4, -0.2) is 59.2 Å². The largest absolute Gasteiger partial charge is 0.497 e. The molecule has 0 radical (unpaired) electrons. The van der Waals surface area contributed by atoms with Crippen molar-refractivity contribution < 1.29 is 14.6 Å². The number of aliphatic hydroxyl groups excluding tert-OH is 1. The first-order chi connectivity index (χ1) is 14.1. The van der Waals surface area contributed by atoms with Crippen molar-refractivity contribution >= 4 is 29.9 Å². The van der Waals surface area contributed by atoms with E-state index in [1.807, 2.05) is 35.9 Å². The number of nitrogens with zero attached hydrogens (tertiary/aromatic N) is 4. The average Bonchev–Trinajstić information content (AvgIpc) is 3.14. The van der Waals surface area contributed by atoms with Gasteiger partial charge in [-0.15, -0.1) is 24.0 Å². The Labute approximate surface area is 194 Å². The molecule has 9 nitrogen and oxygen atoms in total. The van der Waals surface area contributed by atoms with Gasteiger partial charge in [-0.25, -0.2) is 9.67 Å². The van der Waals surface area contributed by atoms with Crippen molar-refractivity contribution in [3.05, 3.63) is 41.5 Å². The van der Waals surface area contributed by atoms with Crippen LogP contribution >= 0.6 is 24.0 Å². The van der Waals surface area contributed by atoms with Crippen LogP contribution in [0, 0.1) is 0 Å². The van der Waals surface area contributed by atoms with Crippen LogP contribution in [-0.2, 0) is 24.3 Å². The summed E-state index contributed by atoms with van der Waals surface area (Å²) in [4.78, 5) is 9.07. The SMILES string of the molecule is CCNC(=NCC(O)c1ccc(OC)cc1)NC1CCc2nc(COC)nn2C1.I. The van der Waals surface area contributed by atoms with Crippen molar-refractivity contribution in [1.82, 2.24) is 25.4 Å². The van der Waals surface area contributed by atoms with Gasteiger partial charge in [-0.3, -0.25) is 4.99 Å². The molecule has 2 atom stereocenters. The van der Waals surface area contributed by atoms with E-state index in [2.05, 4.69) is 25.7 Å². The van der Waals surface area contributed by atoms with Gasteiger partial charge in [0, 0.05) is 26.1 Å². The first-order valence-electron chi connectivity index (χ1n) is 9.91. The number of guanidine groups is 1. The van der Waals surface area contributed by atoms with Gasteiger partial charge >= 0.3 is 0 Å². The molecule has 1 aliphatic rings. The number of halogens is 1. The third kappa shape index (κ3) is 6.54. The number of aliphatic hydroxyl groups is 1. The summed E-state index contributed by atoms with van der Waals surface area (Å²) in [5.74, 6) is 3.15. The van der Waals surface area contributed by atoms with Gasteiger partial charge in [0.15, 0.2) is 11.8 Å². The molecule has 2 heterocycles. The summed E-state index contributed by atoms with van der Waals surface area (Å²) in [6, 6.07) is 7.56. The lowest BCUT2D eigenvalue weighted by Gasteiger charge is -2.25. The molecule has 2 aromatic rings. The van der Waals surface area contributed by atoms with E-state index in [0.717, 1.165) is 43.1 Å². The van der Waals surface area contributed by atoms with Crippen LogP contribution in [0.4, 0.5) is 0 Å². The molecule has 1 aromatic heterocycles. The molecule has 0 amide bonds. The van der Waals surface area contributed by atoms with Gasteiger partial charge in [0.1, 0.15) is 18.2 Å². The smallest absolute Gasteiger partial charge is 0.191 e. The van der Waals surface area contributed by atoms with E-state index < -0.39 is 6.10 Å². The fraction of sp³-hybridized carbons (Fsp3) is 0.550. The fourth-order valence-corrected chi connectivity index (χ4v) is 3.29. The monoisotopic (exact) mass is 530 g/mol. The second-order valence-corrected chi connectivity index (χ2v) is 6.95. The Hall–Kier alpha value is -1.92. The van der Waals surface area contributed by atoms with Crippen molar-refractivity contribution in [2.24, 2.45) is 4.99 Å². The second kappa shape index (κ2) is 12.1. The Morgan fingerprint density at radius 1 is 1.33 bits per heavy atom. The van der Waals surface area contributed by atoms with Gasteiger partial charge in [-0.1, -0.05) is 12.1 Å². The molecule has 0 aliphatic carbocycles. The van der Waals surface area contributed by atoms with Crippen LogP contribution in [0.25, 0.3) is 0 Å². The van der Waals surface area contributed by atoms with E-state index in [1.54, 1.807) is 14.2 Å². The third-order valence-corrected chi connectivity index (χ3v) is 4.78. The number of aliphatic imine (C=N–C) groups is 1. The maximum Gasteiger partial charge on any atom is 0.191 e. The van der Waals surface area contributed by atoms with Crippen LogP contribution in [0.1, 0.15) is 36.7 Å². The van der Waals surface area contributed by atoms with E-state index in [9.17, 15) is 5.11 Å². The zero-order valence-electron chi connectivity index (χ0n) is 17.7. The maximum atomic E-state index is 10.5. The van der Waals surface area contributed by atoms with Crippen LogP contribution in [0.5, 0.6) is 5.75 Å². The fourth-order valence-electron chi connectivity index (χ4n) is 3.29. The van der Waals surface area contributed by atoms with Crippen molar-refractivity contribution in [1.29, 1.82) is 0 Å². The lowest BCUT2D eigenvalue weighted by molar-refractivity contribution is 0.177. The summed E-state index contributed by atoms with van der Waals surface area (Å²) in [5.41, 5.74) is 0.806. The topological polar surface area (TPSA) is 106 Å². The number of rotatable bonds is 8. The molecule has 0 spiro atoms. The highest BCUT2D eigenvalue weighted by molar-refractivity contribution is 14.0. The number of methoxy groups -OCH3 is 2. The third-order valence-electron chi connectivity index (χ3n) is 4.78. The molecule has 0 saturated carbocycles. The number of hydrogen-bond acceptors (Lipinski definition) is 6. The first-order valence-corrected chi connectivity index (χ1v) is 9.91. The number of aryl methyl sites for hydroxylation is 1. The summed E-state index contributed by atoms with van der Waals surface area (Å²) < 4.78 is 12.2. The minimum absolute atomic E-state index is 0. The molecule has 166 valence electrons. The predicted molar refractivity (Wildman–Crippen MR) is 125 cm³/mol.